The summed E-state index contributed by atoms with van der Waals surface area (Å²) in [7, 11) is -3.80. The zero-order valence-electron chi connectivity index (χ0n) is 23.0. The van der Waals surface area contributed by atoms with E-state index in [0.717, 1.165) is 31.7 Å². The van der Waals surface area contributed by atoms with E-state index in [-0.39, 0.29) is 18.9 Å². The number of amides is 2. The first-order valence-electron chi connectivity index (χ1n) is 12.7. The Morgan fingerprint density at radius 2 is 1.49 bits per heavy atom. The van der Waals surface area contributed by atoms with Gasteiger partial charge in [-0.2, -0.15) is 0 Å². The number of benzene rings is 3. The first-order valence-corrected chi connectivity index (χ1v) is 15.3. The van der Waals surface area contributed by atoms with Crippen molar-refractivity contribution in [1.29, 1.82) is 0 Å². The molecule has 3 aromatic carbocycles. The van der Waals surface area contributed by atoms with Gasteiger partial charge in [0, 0.05) is 23.0 Å². The minimum atomic E-state index is -3.80. The van der Waals surface area contributed by atoms with E-state index in [1.165, 1.54) is 4.90 Å². The van der Waals surface area contributed by atoms with Gasteiger partial charge in [-0.1, -0.05) is 76.6 Å². The molecule has 7 nitrogen and oxygen atoms in total. The zero-order valence-corrected chi connectivity index (χ0v) is 25.4. The van der Waals surface area contributed by atoms with E-state index in [4.69, 9.17) is 0 Å². The van der Waals surface area contributed by atoms with Crippen LogP contribution in [0.5, 0.6) is 0 Å². The van der Waals surface area contributed by atoms with E-state index in [0.29, 0.717) is 5.69 Å². The summed E-state index contributed by atoms with van der Waals surface area (Å²) < 4.78 is 27.8. The van der Waals surface area contributed by atoms with Crippen LogP contribution in [0.15, 0.2) is 83.3 Å². The molecule has 0 fully saturated rings. The van der Waals surface area contributed by atoms with Gasteiger partial charge in [-0.3, -0.25) is 13.9 Å². The van der Waals surface area contributed by atoms with Crippen molar-refractivity contribution in [3.8, 4) is 0 Å². The number of nitrogens with one attached hydrogen (secondary N) is 1. The van der Waals surface area contributed by atoms with E-state index in [2.05, 4.69) is 21.2 Å². The predicted molar refractivity (Wildman–Crippen MR) is 160 cm³/mol. The van der Waals surface area contributed by atoms with Crippen LogP contribution in [0.1, 0.15) is 37.5 Å². The number of carbonyl (C=O) groups is 2. The van der Waals surface area contributed by atoms with Gasteiger partial charge in [0.2, 0.25) is 21.8 Å². The van der Waals surface area contributed by atoms with Crippen LogP contribution in [-0.2, 0) is 32.6 Å². The molecule has 1 N–H and O–H groups in total. The Labute approximate surface area is 240 Å². The fraction of sp³-hybridized carbons (Fsp3) is 0.333. The van der Waals surface area contributed by atoms with Crippen molar-refractivity contribution in [2.75, 3.05) is 17.1 Å². The minimum Gasteiger partial charge on any atom is -0.350 e. The first kappa shape index (κ1) is 30.4. The third-order valence-electron chi connectivity index (χ3n) is 6.10. The summed E-state index contributed by atoms with van der Waals surface area (Å²) in [6.07, 6.45) is 1.35. The lowest BCUT2D eigenvalue weighted by Gasteiger charge is -2.35. The topological polar surface area (TPSA) is 86.8 Å². The van der Waals surface area contributed by atoms with Crippen molar-refractivity contribution in [3.05, 3.63) is 100 Å². The molecule has 1 atom stereocenters. The standard InChI is InChI=1S/C30H36BrN3O4S/c1-22-11-9-10-14-26(22)34(39(5,37)38)21-28(35)33(20-24-15-17-25(31)18-16-24)27(29(36)32-30(2,3)4)19-23-12-7-6-8-13-23/h6-18,27H,19-21H2,1-5H3,(H,32,36). The van der Waals surface area contributed by atoms with E-state index in [1.54, 1.807) is 25.1 Å². The minimum absolute atomic E-state index is 0.131. The van der Waals surface area contributed by atoms with Crippen molar-refractivity contribution in [2.24, 2.45) is 0 Å². The van der Waals surface area contributed by atoms with Crippen LogP contribution < -0.4 is 9.62 Å². The van der Waals surface area contributed by atoms with E-state index in [9.17, 15) is 18.0 Å². The van der Waals surface area contributed by atoms with Crippen molar-refractivity contribution < 1.29 is 18.0 Å². The Morgan fingerprint density at radius 1 is 0.897 bits per heavy atom. The van der Waals surface area contributed by atoms with Crippen LogP contribution in [0.25, 0.3) is 0 Å². The maximum absolute atomic E-state index is 14.1. The quantitative estimate of drug-likeness (QED) is 0.345. The monoisotopic (exact) mass is 613 g/mol. The lowest BCUT2D eigenvalue weighted by Crippen LogP contribution is -2.56. The highest BCUT2D eigenvalue weighted by Crippen LogP contribution is 2.24. The average molecular weight is 615 g/mol. The van der Waals surface area contributed by atoms with Crippen LogP contribution in [-0.4, -0.2) is 49.5 Å². The lowest BCUT2D eigenvalue weighted by atomic mass is 10.0. The summed E-state index contributed by atoms with van der Waals surface area (Å²) in [6, 6.07) is 23.1. The highest BCUT2D eigenvalue weighted by molar-refractivity contribution is 9.10. The van der Waals surface area contributed by atoms with Gasteiger partial charge < -0.3 is 10.2 Å². The maximum Gasteiger partial charge on any atom is 0.244 e. The predicted octanol–water partition coefficient (Wildman–Crippen LogP) is 5.08. The molecular weight excluding hydrogens is 578 g/mol. The molecule has 0 aliphatic carbocycles. The second-order valence-electron chi connectivity index (χ2n) is 10.6. The Bertz CT molecular complexity index is 1390. The number of anilines is 1. The Kier molecular flexibility index (Phi) is 9.96. The summed E-state index contributed by atoms with van der Waals surface area (Å²) in [6.45, 7) is 7.15. The van der Waals surface area contributed by atoms with Gasteiger partial charge in [-0.05, 0) is 62.6 Å². The van der Waals surface area contributed by atoms with Gasteiger partial charge in [-0.25, -0.2) is 8.42 Å². The van der Waals surface area contributed by atoms with E-state index in [1.807, 2.05) is 81.4 Å². The molecule has 3 aromatic rings. The summed E-state index contributed by atoms with van der Waals surface area (Å²) in [5.41, 5.74) is 2.32. The number of hydrogen-bond acceptors (Lipinski definition) is 4. The fourth-order valence-electron chi connectivity index (χ4n) is 4.23. The number of aryl methyl sites for hydroxylation is 1. The molecule has 0 saturated heterocycles. The van der Waals surface area contributed by atoms with Crippen molar-refractivity contribution >= 4 is 43.5 Å². The summed E-state index contributed by atoms with van der Waals surface area (Å²) in [4.78, 5) is 29.3. The number of sulfonamides is 1. The molecule has 208 valence electrons. The summed E-state index contributed by atoms with van der Waals surface area (Å²) in [5, 5.41) is 3.02. The lowest BCUT2D eigenvalue weighted by molar-refractivity contribution is -0.140. The van der Waals surface area contributed by atoms with Crippen molar-refractivity contribution in [2.45, 2.75) is 52.2 Å². The van der Waals surface area contributed by atoms with Crippen LogP contribution in [0, 0.1) is 6.92 Å². The molecule has 0 bridgehead atoms. The van der Waals surface area contributed by atoms with Gasteiger partial charge in [0.1, 0.15) is 12.6 Å². The number of halogens is 1. The largest absolute Gasteiger partial charge is 0.350 e. The first-order chi connectivity index (χ1) is 18.2. The van der Waals surface area contributed by atoms with Crippen LogP contribution in [0.3, 0.4) is 0 Å². The molecule has 0 spiro atoms. The van der Waals surface area contributed by atoms with Crippen molar-refractivity contribution in [3.63, 3.8) is 0 Å². The average Bonchev–Trinajstić information content (AvgIpc) is 2.85. The number of hydrogen-bond donors (Lipinski definition) is 1. The molecule has 1 unspecified atom stereocenters. The molecule has 3 rings (SSSR count). The van der Waals surface area contributed by atoms with Gasteiger partial charge in [0.05, 0.1) is 11.9 Å². The smallest absolute Gasteiger partial charge is 0.244 e. The van der Waals surface area contributed by atoms with Crippen LogP contribution >= 0.6 is 15.9 Å². The number of para-hydroxylation sites is 1. The highest BCUT2D eigenvalue weighted by Gasteiger charge is 2.34. The Balaban J connectivity index is 2.08. The van der Waals surface area contributed by atoms with Crippen molar-refractivity contribution in [1.82, 2.24) is 10.2 Å². The second-order valence-corrected chi connectivity index (χ2v) is 13.5. The van der Waals surface area contributed by atoms with E-state index < -0.39 is 34.1 Å². The van der Waals surface area contributed by atoms with Crippen LogP contribution in [0.2, 0.25) is 0 Å². The Hall–Kier alpha value is -3.17. The summed E-state index contributed by atoms with van der Waals surface area (Å²) in [5.74, 6) is -0.782. The molecule has 0 aromatic heterocycles. The molecular formula is C30H36BrN3O4S. The second kappa shape index (κ2) is 12.8. The SMILES string of the molecule is Cc1ccccc1N(CC(=O)N(Cc1ccc(Br)cc1)C(Cc1ccccc1)C(=O)NC(C)(C)C)S(C)(=O)=O. The fourth-order valence-corrected chi connectivity index (χ4v) is 5.40. The molecule has 9 heteroatoms. The Morgan fingerprint density at radius 3 is 2.05 bits per heavy atom. The molecule has 0 radical (unpaired) electrons. The van der Waals surface area contributed by atoms with Gasteiger partial charge in [0.25, 0.3) is 0 Å². The number of carbonyl (C=O) groups excluding carboxylic acids is 2. The highest BCUT2D eigenvalue weighted by atomic mass is 79.9. The molecule has 39 heavy (non-hydrogen) atoms. The zero-order chi connectivity index (χ0) is 28.8. The molecule has 0 saturated carbocycles. The number of nitrogens with zero attached hydrogens (tertiary/aromatic N) is 2. The summed E-state index contributed by atoms with van der Waals surface area (Å²) >= 11 is 3.44. The van der Waals surface area contributed by atoms with Gasteiger partial charge in [0.15, 0.2) is 0 Å². The number of rotatable bonds is 10. The van der Waals surface area contributed by atoms with Gasteiger partial charge >= 0.3 is 0 Å². The molecule has 0 heterocycles. The van der Waals surface area contributed by atoms with E-state index >= 15 is 0 Å². The third-order valence-corrected chi connectivity index (χ3v) is 7.75. The molecule has 2 amide bonds. The third kappa shape index (κ3) is 8.93. The van der Waals surface area contributed by atoms with Gasteiger partial charge in [-0.15, -0.1) is 0 Å². The molecule has 0 aliphatic rings. The molecule has 0 aliphatic heterocycles. The normalized spacial score (nSPS) is 12.5. The van der Waals surface area contributed by atoms with Crippen LogP contribution in [0.4, 0.5) is 5.69 Å². The maximum atomic E-state index is 14.1.